The predicted molar refractivity (Wildman–Crippen MR) is 66.9 cm³/mol. The molecule has 2 rings (SSSR count). The van der Waals surface area contributed by atoms with Gasteiger partial charge in [0.1, 0.15) is 0 Å². The molecule has 0 radical (unpaired) electrons. The van der Waals surface area contributed by atoms with E-state index in [2.05, 4.69) is 0 Å². The van der Waals surface area contributed by atoms with Crippen molar-refractivity contribution in [3.8, 4) is 0 Å². The summed E-state index contributed by atoms with van der Waals surface area (Å²) in [7, 11) is 0. The maximum absolute atomic E-state index is 12.0. The highest BCUT2D eigenvalue weighted by Crippen LogP contribution is 2.36. The van der Waals surface area contributed by atoms with Crippen LogP contribution < -0.4 is 5.73 Å². The van der Waals surface area contributed by atoms with Gasteiger partial charge in [-0.25, -0.2) is 0 Å². The normalized spacial score (nSPS) is 29.5. The zero-order valence-corrected chi connectivity index (χ0v) is 10.7. The molecule has 1 aliphatic carbocycles. The van der Waals surface area contributed by atoms with E-state index in [-0.39, 0.29) is 12.3 Å². The van der Waals surface area contributed by atoms with Gasteiger partial charge < -0.3 is 15.7 Å². The molecule has 0 aromatic rings. The number of carbonyl (C=O) groups excluding carboxylic acids is 1. The van der Waals surface area contributed by atoms with E-state index in [1.165, 1.54) is 25.7 Å². The van der Waals surface area contributed by atoms with Crippen molar-refractivity contribution in [1.29, 1.82) is 0 Å². The third-order valence-corrected chi connectivity index (χ3v) is 4.31. The summed E-state index contributed by atoms with van der Waals surface area (Å²) in [5.74, 6) is 0.164. The molecule has 0 aromatic heterocycles. The monoisotopic (exact) mass is 254 g/mol. The van der Waals surface area contributed by atoms with Gasteiger partial charge in [0.15, 0.2) is 0 Å². The first kappa shape index (κ1) is 13.3. The largest absolute Gasteiger partial charge is 0.481 e. The van der Waals surface area contributed by atoms with Crippen LogP contribution >= 0.6 is 0 Å². The number of hydrogen-bond donors (Lipinski definition) is 2. The second kappa shape index (κ2) is 5.69. The number of carbonyl (C=O) groups is 2. The van der Waals surface area contributed by atoms with Crippen LogP contribution in [-0.2, 0) is 9.59 Å². The molecule has 3 N–H and O–H groups in total. The van der Waals surface area contributed by atoms with E-state index in [1.54, 1.807) is 4.90 Å². The number of fused-ring (bicyclic) bond motifs is 1. The van der Waals surface area contributed by atoms with Gasteiger partial charge in [0, 0.05) is 13.1 Å². The number of nitrogens with zero attached hydrogens (tertiary/aromatic N) is 1. The third-order valence-electron chi connectivity index (χ3n) is 4.31. The Kier molecular flexibility index (Phi) is 4.22. The Morgan fingerprint density at radius 2 is 1.89 bits per heavy atom. The number of carboxylic acid groups (broad SMARTS) is 1. The fraction of sp³-hybridized carbons (Fsp3) is 0.846. The van der Waals surface area contributed by atoms with Crippen LogP contribution in [0.5, 0.6) is 0 Å². The van der Waals surface area contributed by atoms with E-state index in [4.69, 9.17) is 10.8 Å². The highest BCUT2D eigenvalue weighted by atomic mass is 16.4. The van der Waals surface area contributed by atoms with Crippen LogP contribution in [0.15, 0.2) is 0 Å². The van der Waals surface area contributed by atoms with Crippen molar-refractivity contribution in [2.45, 2.75) is 44.6 Å². The van der Waals surface area contributed by atoms with Gasteiger partial charge in [-0.2, -0.15) is 0 Å². The summed E-state index contributed by atoms with van der Waals surface area (Å²) in [5, 5.41) is 8.67. The number of carboxylic acids is 1. The van der Waals surface area contributed by atoms with Gasteiger partial charge in [-0.05, 0) is 24.7 Å². The smallest absolute Gasteiger partial charge is 0.305 e. The average molecular weight is 254 g/mol. The fourth-order valence-electron chi connectivity index (χ4n) is 3.31. The summed E-state index contributed by atoms with van der Waals surface area (Å²) in [6.07, 6.45) is 5.83. The molecule has 0 aromatic carbocycles. The Balaban J connectivity index is 1.89. The lowest BCUT2D eigenvalue weighted by molar-refractivity contribution is -0.143. The average Bonchev–Trinajstić information content (AvgIpc) is 2.36. The van der Waals surface area contributed by atoms with E-state index < -0.39 is 12.0 Å². The van der Waals surface area contributed by atoms with Crippen LogP contribution in [0.4, 0.5) is 0 Å². The minimum atomic E-state index is -1.01. The first-order chi connectivity index (χ1) is 8.58. The number of aliphatic carboxylic acids is 1. The molecule has 2 aliphatic rings. The second-order valence-corrected chi connectivity index (χ2v) is 5.58. The molecule has 18 heavy (non-hydrogen) atoms. The zero-order chi connectivity index (χ0) is 13.1. The molecule has 1 saturated heterocycles. The van der Waals surface area contributed by atoms with Crippen molar-refractivity contribution in [3.05, 3.63) is 0 Å². The second-order valence-electron chi connectivity index (χ2n) is 5.58. The summed E-state index contributed by atoms with van der Waals surface area (Å²) < 4.78 is 0. The van der Waals surface area contributed by atoms with E-state index in [0.717, 1.165) is 25.4 Å². The predicted octanol–water partition coefficient (Wildman–Crippen LogP) is 0.827. The zero-order valence-electron chi connectivity index (χ0n) is 10.7. The molecular weight excluding hydrogens is 232 g/mol. The van der Waals surface area contributed by atoms with Crippen LogP contribution in [0, 0.1) is 11.8 Å². The summed E-state index contributed by atoms with van der Waals surface area (Å²) >= 11 is 0. The molecule has 102 valence electrons. The molecule has 5 nitrogen and oxygen atoms in total. The Bertz CT molecular complexity index is 332. The van der Waals surface area contributed by atoms with Gasteiger partial charge in [-0.1, -0.05) is 19.3 Å². The van der Waals surface area contributed by atoms with Gasteiger partial charge in [-0.3, -0.25) is 9.59 Å². The Morgan fingerprint density at radius 3 is 2.56 bits per heavy atom. The van der Waals surface area contributed by atoms with E-state index in [1.807, 2.05) is 0 Å². The molecule has 1 saturated carbocycles. The summed E-state index contributed by atoms with van der Waals surface area (Å²) in [6.45, 7) is 1.52. The first-order valence-electron chi connectivity index (χ1n) is 6.84. The Morgan fingerprint density at radius 1 is 1.22 bits per heavy atom. The Hall–Kier alpha value is -1.10. The molecule has 0 bridgehead atoms. The van der Waals surface area contributed by atoms with Crippen LogP contribution in [0.1, 0.15) is 38.5 Å². The topological polar surface area (TPSA) is 83.6 Å². The minimum Gasteiger partial charge on any atom is -0.481 e. The number of likely N-dealkylation sites (tertiary alicyclic amines) is 1. The van der Waals surface area contributed by atoms with Crippen molar-refractivity contribution >= 4 is 11.9 Å². The maximum atomic E-state index is 12.0. The molecule has 3 unspecified atom stereocenters. The van der Waals surface area contributed by atoms with Crippen molar-refractivity contribution in [3.63, 3.8) is 0 Å². The number of rotatable bonds is 3. The van der Waals surface area contributed by atoms with Crippen molar-refractivity contribution in [1.82, 2.24) is 4.90 Å². The van der Waals surface area contributed by atoms with Crippen LogP contribution in [0.3, 0.4) is 0 Å². The maximum Gasteiger partial charge on any atom is 0.305 e. The number of nitrogens with two attached hydrogens (primary N) is 1. The van der Waals surface area contributed by atoms with Gasteiger partial charge in [0.2, 0.25) is 5.91 Å². The van der Waals surface area contributed by atoms with Crippen LogP contribution in [0.25, 0.3) is 0 Å². The van der Waals surface area contributed by atoms with Gasteiger partial charge in [-0.15, -0.1) is 0 Å². The van der Waals surface area contributed by atoms with Gasteiger partial charge in [0.25, 0.3) is 0 Å². The molecular formula is C13H22N2O3. The van der Waals surface area contributed by atoms with Crippen LogP contribution in [0.2, 0.25) is 0 Å². The molecule has 1 aliphatic heterocycles. The lowest BCUT2D eigenvalue weighted by atomic mass is 9.75. The molecule has 0 spiro atoms. The summed E-state index contributed by atoms with van der Waals surface area (Å²) in [6, 6.07) is -0.886. The summed E-state index contributed by atoms with van der Waals surface area (Å²) in [5.41, 5.74) is 5.64. The van der Waals surface area contributed by atoms with E-state index in [9.17, 15) is 9.59 Å². The lowest BCUT2D eigenvalue weighted by Crippen LogP contribution is -2.51. The van der Waals surface area contributed by atoms with Gasteiger partial charge >= 0.3 is 5.97 Å². The number of amides is 1. The highest BCUT2D eigenvalue weighted by molar-refractivity contribution is 5.86. The van der Waals surface area contributed by atoms with E-state index in [0.29, 0.717) is 5.92 Å². The molecule has 1 heterocycles. The standard InChI is InChI=1S/C13H22N2O3/c14-11(7-12(16)17)13(18)15-6-5-9-3-1-2-4-10(9)8-15/h9-11H,1-8,14H2,(H,16,17). The van der Waals surface area contributed by atoms with Crippen molar-refractivity contribution in [2.24, 2.45) is 17.6 Å². The molecule has 1 amide bonds. The summed E-state index contributed by atoms with van der Waals surface area (Å²) in [4.78, 5) is 24.4. The minimum absolute atomic E-state index is 0.193. The molecule has 2 fully saturated rings. The molecule has 3 atom stereocenters. The van der Waals surface area contributed by atoms with Crippen molar-refractivity contribution in [2.75, 3.05) is 13.1 Å². The van der Waals surface area contributed by atoms with E-state index >= 15 is 0 Å². The number of piperidine rings is 1. The first-order valence-corrected chi connectivity index (χ1v) is 6.84. The number of hydrogen-bond acceptors (Lipinski definition) is 3. The lowest BCUT2D eigenvalue weighted by Gasteiger charge is -2.41. The van der Waals surface area contributed by atoms with Crippen LogP contribution in [-0.4, -0.2) is 41.0 Å². The highest BCUT2D eigenvalue weighted by Gasteiger charge is 2.34. The molecule has 5 heteroatoms. The third kappa shape index (κ3) is 3.02. The quantitative estimate of drug-likeness (QED) is 0.781. The van der Waals surface area contributed by atoms with Crippen molar-refractivity contribution < 1.29 is 14.7 Å². The SMILES string of the molecule is NC(CC(=O)O)C(=O)N1CCC2CCCCC2C1. The van der Waals surface area contributed by atoms with Gasteiger partial charge in [0.05, 0.1) is 12.5 Å². The Labute approximate surface area is 107 Å². The fourth-order valence-corrected chi connectivity index (χ4v) is 3.31.